The molecule has 102 valence electrons. The van der Waals surface area contributed by atoms with Crippen molar-refractivity contribution in [1.29, 1.82) is 5.41 Å². The Kier molecular flexibility index (Phi) is 4.71. The Hall–Kier alpha value is -2.28. The molecular formula is C12H15FN4O2. The summed E-state index contributed by atoms with van der Waals surface area (Å²) in [6, 6.07) is 3.47. The van der Waals surface area contributed by atoms with E-state index in [1.165, 1.54) is 17.2 Å². The second kappa shape index (κ2) is 6.05. The molecule has 0 atom stereocenters. The molecule has 1 aromatic rings. The van der Waals surface area contributed by atoms with Gasteiger partial charge in [0.25, 0.3) is 0 Å². The van der Waals surface area contributed by atoms with E-state index >= 15 is 0 Å². The van der Waals surface area contributed by atoms with E-state index in [1.807, 2.05) is 0 Å². The van der Waals surface area contributed by atoms with Crippen molar-refractivity contribution in [3.05, 3.63) is 46.9 Å². The summed E-state index contributed by atoms with van der Waals surface area (Å²) in [4.78, 5) is 12.9. The van der Waals surface area contributed by atoms with Crippen LogP contribution in [0.4, 0.5) is 15.8 Å². The lowest BCUT2D eigenvalue weighted by Gasteiger charge is -2.23. The zero-order chi connectivity index (χ0) is 14.6. The minimum absolute atomic E-state index is 0.188. The molecule has 0 aliphatic rings. The lowest BCUT2D eigenvalue weighted by atomic mass is 10.2. The Morgan fingerprint density at radius 1 is 1.58 bits per heavy atom. The van der Waals surface area contributed by atoms with E-state index in [9.17, 15) is 14.5 Å². The Balaban J connectivity index is 3.06. The van der Waals surface area contributed by atoms with Crippen molar-refractivity contribution in [3.8, 4) is 0 Å². The molecule has 0 saturated heterocycles. The van der Waals surface area contributed by atoms with Crippen LogP contribution >= 0.6 is 0 Å². The Bertz CT molecular complexity index is 516. The minimum atomic E-state index is -0.938. The second-order valence-corrected chi connectivity index (χ2v) is 4.13. The quantitative estimate of drug-likeness (QED) is 0.384. The first-order valence-electron chi connectivity index (χ1n) is 5.44. The maximum Gasteiger partial charge on any atom is 0.304 e. The summed E-state index contributed by atoms with van der Waals surface area (Å²) in [6.07, 6.45) is 1.37. The van der Waals surface area contributed by atoms with Crippen LogP contribution in [0.2, 0.25) is 0 Å². The van der Waals surface area contributed by atoms with Crippen LogP contribution < -0.4 is 4.90 Å². The first-order valence-corrected chi connectivity index (χ1v) is 5.44. The normalized spacial score (nSPS) is 10.3. The highest BCUT2D eigenvalue weighted by atomic mass is 19.1. The lowest BCUT2D eigenvalue weighted by Crippen LogP contribution is -2.33. The molecule has 0 aliphatic carbocycles. The van der Waals surface area contributed by atoms with E-state index in [1.54, 1.807) is 19.0 Å². The number of halogens is 1. The van der Waals surface area contributed by atoms with Crippen molar-refractivity contribution < 1.29 is 9.31 Å². The molecule has 0 amide bonds. The summed E-state index contributed by atoms with van der Waals surface area (Å²) in [5.74, 6) is -0.750. The first kappa shape index (κ1) is 14.8. The summed E-state index contributed by atoms with van der Waals surface area (Å²) in [5.41, 5.74) is -0.267. The van der Waals surface area contributed by atoms with Gasteiger partial charge in [-0.15, -0.1) is 0 Å². The van der Waals surface area contributed by atoms with Gasteiger partial charge in [0.2, 0.25) is 5.82 Å². The molecule has 0 aromatic heterocycles. The molecule has 6 nitrogen and oxygen atoms in total. The minimum Gasteiger partial charge on any atom is -0.305 e. The topological polar surface area (TPSA) is 73.5 Å². The fraction of sp³-hybridized carbons (Fsp3) is 0.250. The van der Waals surface area contributed by atoms with E-state index in [-0.39, 0.29) is 5.84 Å². The Morgan fingerprint density at radius 2 is 2.21 bits per heavy atom. The van der Waals surface area contributed by atoms with E-state index in [0.29, 0.717) is 12.2 Å². The molecule has 0 aliphatic heterocycles. The van der Waals surface area contributed by atoms with Crippen molar-refractivity contribution in [3.63, 3.8) is 0 Å². The standard InChI is InChI=1S/C12H15FN4O2/c1-4-16(12(14)8-15(2)3)9-5-6-11(17(18)19)10(13)7-9/h4-7,14H,1,8H2,2-3H3. The third-order valence-corrected chi connectivity index (χ3v) is 2.35. The molecule has 0 bridgehead atoms. The molecule has 1 rings (SSSR count). The zero-order valence-corrected chi connectivity index (χ0v) is 10.8. The molecule has 0 unspecified atom stereocenters. The number of rotatable bonds is 5. The van der Waals surface area contributed by atoms with E-state index in [2.05, 4.69) is 6.58 Å². The van der Waals surface area contributed by atoms with Crippen molar-refractivity contribution in [2.45, 2.75) is 0 Å². The van der Waals surface area contributed by atoms with Crippen molar-refractivity contribution in [2.24, 2.45) is 0 Å². The van der Waals surface area contributed by atoms with E-state index < -0.39 is 16.4 Å². The molecule has 0 heterocycles. The molecule has 1 N–H and O–H groups in total. The van der Waals surface area contributed by atoms with Gasteiger partial charge in [0.1, 0.15) is 5.84 Å². The van der Waals surface area contributed by atoms with Crippen molar-refractivity contribution in [2.75, 3.05) is 25.5 Å². The van der Waals surface area contributed by atoms with E-state index in [0.717, 1.165) is 12.1 Å². The highest BCUT2D eigenvalue weighted by Gasteiger charge is 2.17. The van der Waals surface area contributed by atoms with Gasteiger partial charge >= 0.3 is 5.69 Å². The lowest BCUT2D eigenvalue weighted by molar-refractivity contribution is -0.387. The summed E-state index contributed by atoms with van der Waals surface area (Å²) < 4.78 is 13.5. The van der Waals surface area contributed by atoms with Gasteiger partial charge in [-0.3, -0.25) is 15.5 Å². The predicted octanol–water partition coefficient (Wildman–Crippen LogP) is 2.22. The van der Waals surface area contributed by atoms with Gasteiger partial charge in [-0.1, -0.05) is 6.58 Å². The first-order chi connectivity index (χ1) is 8.86. The van der Waals surface area contributed by atoms with Crippen LogP contribution in [0.15, 0.2) is 31.0 Å². The summed E-state index contributed by atoms with van der Waals surface area (Å²) in [6.45, 7) is 3.90. The molecule has 19 heavy (non-hydrogen) atoms. The summed E-state index contributed by atoms with van der Waals surface area (Å²) in [5, 5.41) is 18.4. The number of amidine groups is 1. The van der Waals surface area contributed by atoms with Crippen LogP contribution in [0.25, 0.3) is 0 Å². The number of nitro benzene ring substituents is 1. The number of hydrogen-bond acceptors (Lipinski definition) is 4. The second-order valence-electron chi connectivity index (χ2n) is 4.13. The molecule has 1 aromatic carbocycles. The summed E-state index contributed by atoms with van der Waals surface area (Å²) >= 11 is 0. The third-order valence-electron chi connectivity index (χ3n) is 2.35. The average Bonchev–Trinajstić information content (AvgIpc) is 2.28. The number of nitrogens with zero attached hydrogens (tertiary/aromatic N) is 3. The molecule has 0 spiro atoms. The largest absolute Gasteiger partial charge is 0.305 e. The van der Waals surface area contributed by atoms with Gasteiger partial charge in [0.15, 0.2) is 0 Å². The van der Waals surface area contributed by atoms with Crippen LogP contribution in [0, 0.1) is 21.3 Å². The van der Waals surface area contributed by atoms with Crippen molar-refractivity contribution in [1.82, 2.24) is 4.90 Å². The van der Waals surface area contributed by atoms with Crippen LogP contribution in [0.5, 0.6) is 0 Å². The number of nitrogens with one attached hydrogen (secondary N) is 1. The van der Waals surface area contributed by atoms with Gasteiger partial charge < -0.3 is 9.80 Å². The van der Waals surface area contributed by atoms with E-state index in [4.69, 9.17) is 5.41 Å². The molecule has 0 saturated carbocycles. The maximum absolute atomic E-state index is 13.5. The summed E-state index contributed by atoms with van der Waals surface area (Å²) in [7, 11) is 3.60. The SMILES string of the molecule is C=CN(C(=N)CN(C)C)c1ccc([N+](=O)[O-])c(F)c1. The van der Waals surface area contributed by atoms with Gasteiger partial charge in [-0.25, -0.2) is 0 Å². The van der Waals surface area contributed by atoms with Crippen molar-refractivity contribution >= 4 is 17.2 Å². The zero-order valence-electron chi connectivity index (χ0n) is 10.8. The highest BCUT2D eigenvalue weighted by Crippen LogP contribution is 2.24. The molecule has 0 fully saturated rings. The van der Waals surface area contributed by atoms with Crippen LogP contribution in [0.1, 0.15) is 0 Å². The average molecular weight is 266 g/mol. The number of anilines is 1. The predicted molar refractivity (Wildman–Crippen MR) is 72.0 cm³/mol. The van der Waals surface area contributed by atoms with Gasteiger partial charge in [0.05, 0.1) is 17.2 Å². The van der Waals surface area contributed by atoms with Crippen LogP contribution in [-0.2, 0) is 0 Å². The highest BCUT2D eigenvalue weighted by molar-refractivity contribution is 5.98. The molecule has 7 heteroatoms. The molecular weight excluding hydrogens is 251 g/mol. The number of benzene rings is 1. The third kappa shape index (κ3) is 3.59. The van der Waals surface area contributed by atoms with Gasteiger partial charge in [0, 0.05) is 18.3 Å². The number of likely N-dealkylation sites (N-methyl/N-ethyl adjacent to an activating group) is 1. The number of hydrogen-bond donors (Lipinski definition) is 1. The van der Waals surface area contributed by atoms with Gasteiger partial charge in [-0.2, -0.15) is 4.39 Å². The monoisotopic (exact) mass is 266 g/mol. The van der Waals surface area contributed by atoms with Gasteiger partial charge in [-0.05, 0) is 20.2 Å². The molecule has 0 radical (unpaired) electrons. The van der Waals surface area contributed by atoms with Crippen LogP contribution in [-0.4, -0.2) is 36.3 Å². The Morgan fingerprint density at radius 3 is 2.63 bits per heavy atom. The smallest absolute Gasteiger partial charge is 0.304 e. The maximum atomic E-state index is 13.5. The fourth-order valence-corrected chi connectivity index (χ4v) is 1.54. The van der Waals surface area contributed by atoms with Crippen LogP contribution in [0.3, 0.4) is 0 Å². The number of nitro groups is 1. The fourth-order valence-electron chi connectivity index (χ4n) is 1.54. The Labute approximate surface area is 110 Å².